The monoisotopic (exact) mass is 291 g/mol. The van der Waals surface area contributed by atoms with Crippen molar-refractivity contribution in [1.82, 2.24) is 14.9 Å². The third-order valence-electron chi connectivity index (χ3n) is 2.99. The van der Waals surface area contributed by atoms with Crippen molar-refractivity contribution in [2.75, 3.05) is 13.2 Å². The zero-order valence-corrected chi connectivity index (χ0v) is 12.6. The average molecular weight is 291 g/mol. The topological polar surface area (TPSA) is 39.1 Å². The van der Waals surface area contributed by atoms with Gasteiger partial charge in [0.05, 0.1) is 12.9 Å². The minimum Gasteiger partial charge on any atom is -0.492 e. The summed E-state index contributed by atoms with van der Waals surface area (Å²) in [5, 5.41) is 3.30. The molecule has 0 aliphatic carbocycles. The van der Waals surface area contributed by atoms with Crippen molar-refractivity contribution in [3.8, 4) is 5.75 Å². The van der Waals surface area contributed by atoms with Gasteiger partial charge in [-0.2, -0.15) is 0 Å². The summed E-state index contributed by atoms with van der Waals surface area (Å²) in [6.07, 6.45) is 5.33. The molecule has 1 aromatic carbocycles. The van der Waals surface area contributed by atoms with Gasteiger partial charge in [0.2, 0.25) is 0 Å². The number of halogens is 1. The van der Waals surface area contributed by atoms with Gasteiger partial charge in [-0.05, 0) is 30.2 Å². The lowest BCUT2D eigenvalue weighted by Crippen LogP contribution is -2.19. The van der Waals surface area contributed by atoms with E-state index in [2.05, 4.69) is 24.1 Å². The van der Waals surface area contributed by atoms with E-state index in [1.54, 1.807) is 12.5 Å². The molecule has 5 heteroatoms. The maximum atomic E-state index is 13.6. The first-order valence-corrected chi connectivity index (χ1v) is 7.22. The molecule has 0 atom stereocenters. The molecule has 0 saturated carbocycles. The molecule has 0 radical (unpaired) electrons. The Hall–Kier alpha value is -1.88. The number of hydrogen-bond acceptors (Lipinski definition) is 3. The molecule has 4 nitrogen and oxygen atoms in total. The first kappa shape index (κ1) is 15.5. The highest BCUT2D eigenvalue weighted by Crippen LogP contribution is 2.16. The van der Waals surface area contributed by atoms with E-state index in [1.165, 1.54) is 12.1 Å². The van der Waals surface area contributed by atoms with Crippen LogP contribution in [0.3, 0.4) is 0 Å². The Morgan fingerprint density at radius 3 is 2.90 bits per heavy atom. The summed E-state index contributed by atoms with van der Waals surface area (Å²) in [5.41, 5.74) is 0.897. The summed E-state index contributed by atoms with van der Waals surface area (Å²) in [7, 11) is 0. The molecule has 0 fully saturated rings. The maximum Gasteiger partial charge on any atom is 0.127 e. The van der Waals surface area contributed by atoms with Crippen LogP contribution in [0.25, 0.3) is 0 Å². The van der Waals surface area contributed by atoms with Crippen molar-refractivity contribution in [1.29, 1.82) is 0 Å². The van der Waals surface area contributed by atoms with Gasteiger partial charge in [0.1, 0.15) is 18.2 Å². The number of imidazole rings is 1. The normalized spacial score (nSPS) is 11.0. The van der Waals surface area contributed by atoms with E-state index in [9.17, 15) is 4.39 Å². The van der Waals surface area contributed by atoms with Crippen LogP contribution in [0, 0.1) is 11.7 Å². The highest BCUT2D eigenvalue weighted by Gasteiger charge is 2.03. The van der Waals surface area contributed by atoms with Gasteiger partial charge in [-0.1, -0.05) is 13.8 Å². The zero-order valence-electron chi connectivity index (χ0n) is 12.6. The summed E-state index contributed by atoms with van der Waals surface area (Å²) in [6.45, 7) is 7.02. The Labute approximate surface area is 125 Å². The Bertz CT molecular complexity index is 540. The summed E-state index contributed by atoms with van der Waals surface area (Å²) >= 11 is 0. The Kier molecular flexibility index (Phi) is 5.75. The molecule has 0 spiro atoms. The van der Waals surface area contributed by atoms with Crippen LogP contribution in [0.1, 0.15) is 19.4 Å². The van der Waals surface area contributed by atoms with E-state index >= 15 is 0 Å². The summed E-state index contributed by atoms with van der Waals surface area (Å²) < 4.78 is 21.1. The van der Waals surface area contributed by atoms with Crippen molar-refractivity contribution >= 4 is 0 Å². The molecule has 0 bridgehead atoms. The quantitative estimate of drug-likeness (QED) is 0.813. The molecule has 0 unspecified atom stereocenters. The molecular weight excluding hydrogens is 269 g/mol. The van der Waals surface area contributed by atoms with Gasteiger partial charge < -0.3 is 14.6 Å². The zero-order chi connectivity index (χ0) is 15.1. The van der Waals surface area contributed by atoms with E-state index in [0.29, 0.717) is 31.4 Å². The van der Waals surface area contributed by atoms with E-state index in [-0.39, 0.29) is 5.82 Å². The molecule has 2 rings (SSSR count). The van der Waals surface area contributed by atoms with Gasteiger partial charge in [-0.3, -0.25) is 0 Å². The van der Waals surface area contributed by atoms with Crippen LogP contribution in [0.5, 0.6) is 5.75 Å². The summed E-state index contributed by atoms with van der Waals surface area (Å²) in [6, 6.07) is 4.83. The number of benzene rings is 1. The van der Waals surface area contributed by atoms with Crippen molar-refractivity contribution in [2.24, 2.45) is 5.92 Å². The SMILES string of the molecule is CC(C)CNCc1cc(F)cc(OCCn2ccnc2)c1. The number of nitrogens with one attached hydrogen (secondary N) is 1. The third-order valence-corrected chi connectivity index (χ3v) is 2.99. The van der Waals surface area contributed by atoms with E-state index in [4.69, 9.17) is 4.74 Å². The van der Waals surface area contributed by atoms with Gasteiger partial charge in [-0.15, -0.1) is 0 Å². The largest absolute Gasteiger partial charge is 0.492 e. The Balaban J connectivity index is 1.85. The Morgan fingerprint density at radius 2 is 2.19 bits per heavy atom. The van der Waals surface area contributed by atoms with Crippen molar-refractivity contribution in [3.05, 3.63) is 48.3 Å². The fourth-order valence-electron chi connectivity index (χ4n) is 2.00. The lowest BCUT2D eigenvalue weighted by Gasteiger charge is -2.11. The molecule has 1 N–H and O–H groups in total. The molecule has 0 aliphatic rings. The number of ether oxygens (including phenoxy) is 1. The summed E-state index contributed by atoms with van der Waals surface area (Å²) in [4.78, 5) is 3.96. The highest BCUT2D eigenvalue weighted by atomic mass is 19.1. The second-order valence-corrected chi connectivity index (χ2v) is 5.47. The second kappa shape index (κ2) is 7.78. The van der Waals surface area contributed by atoms with E-state index in [0.717, 1.165) is 12.1 Å². The molecule has 2 aromatic rings. The summed E-state index contributed by atoms with van der Waals surface area (Å²) in [5.74, 6) is 0.873. The van der Waals surface area contributed by atoms with Crippen molar-refractivity contribution in [3.63, 3.8) is 0 Å². The van der Waals surface area contributed by atoms with E-state index in [1.807, 2.05) is 16.8 Å². The molecule has 0 saturated heterocycles. The molecule has 114 valence electrons. The number of hydrogen-bond donors (Lipinski definition) is 1. The number of nitrogens with zero attached hydrogens (tertiary/aromatic N) is 2. The fourth-order valence-corrected chi connectivity index (χ4v) is 2.00. The lowest BCUT2D eigenvalue weighted by atomic mass is 10.2. The van der Waals surface area contributed by atoms with Crippen LogP contribution >= 0.6 is 0 Å². The standard InChI is InChI=1S/C16H22FN3O/c1-13(2)10-19-11-14-7-15(17)9-16(8-14)21-6-5-20-4-3-18-12-20/h3-4,7-9,12-13,19H,5-6,10-11H2,1-2H3. The minimum absolute atomic E-state index is 0.267. The minimum atomic E-state index is -0.267. The van der Waals surface area contributed by atoms with E-state index < -0.39 is 0 Å². The third kappa shape index (κ3) is 5.55. The van der Waals surface area contributed by atoms with Crippen LogP contribution in [0.15, 0.2) is 36.9 Å². The van der Waals surface area contributed by atoms with Crippen molar-refractivity contribution < 1.29 is 9.13 Å². The molecule has 1 heterocycles. The van der Waals surface area contributed by atoms with Gasteiger partial charge in [0, 0.05) is 25.0 Å². The number of aromatic nitrogens is 2. The predicted octanol–water partition coefficient (Wildman–Crippen LogP) is 2.85. The predicted molar refractivity (Wildman–Crippen MR) is 80.7 cm³/mol. The number of rotatable bonds is 8. The van der Waals surface area contributed by atoms with Crippen LogP contribution in [-0.4, -0.2) is 22.7 Å². The molecule has 21 heavy (non-hydrogen) atoms. The van der Waals surface area contributed by atoms with Crippen LogP contribution in [0.2, 0.25) is 0 Å². The van der Waals surface area contributed by atoms with Gasteiger partial charge in [-0.25, -0.2) is 9.37 Å². The molecule has 1 aromatic heterocycles. The fraction of sp³-hybridized carbons (Fsp3) is 0.438. The first-order valence-electron chi connectivity index (χ1n) is 7.22. The first-order chi connectivity index (χ1) is 10.1. The smallest absolute Gasteiger partial charge is 0.127 e. The highest BCUT2D eigenvalue weighted by molar-refractivity contribution is 5.29. The van der Waals surface area contributed by atoms with Gasteiger partial charge >= 0.3 is 0 Å². The van der Waals surface area contributed by atoms with Crippen LogP contribution < -0.4 is 10.1 Å². The average Bonchev–Trinajstić information content (AvgIpc) is 2.91. The Morgan fingerprint density at radius 1 is 1.33 bits per heavy atom. The second-order valence-electron chi connectivity index (χ2n) is 5.47. The van der Waals surface area contributed by atoms with Crippen molar-refractivity contribution in [2.45, 2.75) is 26.9 Å². The van der Waals surface area contributed by atoms with Crippen LogP contribution in [-0.2, 0) is 13.1 Å². The molecular formula is C16H22FN3O. The van der Waals surface area contributed by atoms with Gasteiger partial charge in [0.25, 0.3) is 0 Å². The molecule has 0 aliphatic heterocycles. The van der Waals surface area contributed by atoms with Crippen LogP contribution in [0.4, 0.5) is 4.39 Å². The molecule has 0 amide bonds. The maximum absolute atomic E-state index is 13.6. The lowest BCUT2D eigenvalue weighted by molar-refractivity contribution is 0.296. The van der Waals surface area contributed by atoms with Gasteiger partial charge in [0.15, 0.2) is 0 Å².